The van der Waals surface area contributed by atoms with Crippen LogP contribution in [0.25, 0.3) is 0 Å². The largest absolute Gasteiger partial charge is 0.405 e. The zero-order chi connectivity index (χ0) is 70.4. The van der Waals surface area contributed by atoms with Crippen molar-refractivity contribution in [1.82, 2.24) is 29.3 Å². The molecular weight excluding hydrogens is 1320 g/mol. The van der Waals surface area contributed by atoms with Crippen LogP contribution in [-0.4, -0.2) is 147 Å². The Hall–Kier alpha value is -6.60. The Bertz CT molecular complexity index is 3290. The van der Waals surface area contributed by atoms with Crippen molar-refractivity contribution >= 4 is 60.9 Å². The third kappa shape index (κ3) is 25.7. The molecule has 5 aromatic carbocycles. The Morgan fingerprint density at radius 1 is 0.531 bits per heavy atom. The van der Waals surface area contributed by atoms with Crippen LogP contribution in [0.1, 0.15) is 65.1 Å². The van der Waals surface area contributed by atoms with Gasteiger partial charge in [0.05, 0.1) is 50.5 Å². The van der Waals surface area contributed by atoms with Gasteiger partial charge in [0.15, 0.2) is 22.7 Å². The molecular formula is C66H88N8O18P2S2. The molecule has 26 nitrogen and oxygen atoms in total. The van der Waals surface area contributed by atoms with Crippen LogP contribution in [0.5, 0.6) is 0 Å². The molecule has 4 heterocycles. The maximum atomic E-state index is 13.6. The molecule has 0 spiro atoms. The van der Waals surface area contributed by atoms with Crippen LogP contribution in [-0.2, 0) is 59.4 Å². The van der Waals surface area contributed by atoms with E-state index in [4.69, 9.17) is 39.0 Å². The van der Waals surface area contributed by atoms with Gasteiger partial charge in [0.25, 0.3) is 0 Å². The number of nitrogen functional groups attached to an aromatic ring is 2. The highest BCUT2D eigenvalue weighted by molar-refractivity contribution is 8.14. The number of thioether (sulfide) groups is 2. The van der Waals surface area contributed by atoms with Crippen molar-refractivity contribution in [2.45, 2.75) is 103 Å². The Labute approximate surface area is 566 Å². The van der Waals surface area contributed by atoms with Gasteiger partial charge in [-0.1, -0.05) is 193 Å². The van der Waals surface area contributed by atoms with E-state index in [9.17, 15) is 58.9 Å². The lowest BCUT2D eigenvalue weighted by Gasteiger charge is -2.27. The number of aliphatic hydroxyl groups is 6. The summed E-state index contributed by atoms with van der Waals surface area (Å²) < 4.78 is 62.9. The van der Waals surface area contributed by atoms with Crippen LogP contribution in [0.4, 0.5) is 11.6 Å². The SMILES string of the molecule is CC(C)(CO)C(=O)SCCOP(=O)(NCc1ccccc1)OC[C@H]1O[C@@H](n2ccc(N)nc2=O)[C@](C)(O)[C@@H]1O.CC(C)(CO)C(=O)SCCOP(=O)(NCc1ccccc1)OC[C@H]1O[C@@H](n2ccc(N)nc2=O)[C@](C)(O)[C@@H]1O.c1ccccc1.c1ccccc1.c1ccccc1. The number of nitrogens with one attached hydrogen (secondary N) is 2. The second-order valence-corrected chi connectivity index (χ2v) is 29.0. The summed E-state index contributed by atoms with van der Waals surface area (Å²) in [6.07, 6.45) is -5.50. The smallest absolute Gasteiger partial charge is 0.395 e. The van der Waals surface area contributed by atoms with E-state index in [2.05, 4.69) is 20.1 Å². The predicted octanol–water partition coefficient (Wildman–Crippen LogP) is 7.15. The van der Waals surface area contributed by atoms with E-state index in [0.29, 0.717) is 0 Å². The molecule has 9 rings (SSSR count). The first-order chi connectivity index (χ1) is 45.6. The number of benzene rings is 5. The number of ether oxygens (including phenoxy) is 2. The van der Waals surface area contributed by atoms with Gasteiger partial charge in [0, 0.05) is 37.0 Å². The number of hydrogen-bond donors (Lipinski definition) is 10. The highest BCUT2D eigenvalue weighted by Gasteiger charge is 2.55. The van der Waals surface area contributed by atoms with E-state index in [1.54, 1.807) is 27.7 Å². The number of rotatable bonds is 26. The van der Waals surface area contributed by atoms with Gasteiger partial charge in [-0.05, 0) is 64.8 Å². The maximum absolute atomic E-state index is 13.6. The van der Waals surface area contributed by atoms with Crippen molar-refractivity contribution in [3.05, 3.63) is 226 Å². The van der Waals surface area contributed by atoms with E-state index in [-0.39, 0.29) is 72.9 Å². The van der Waals surface area contributed by atoms with Crippen LogP contribution < -0.4 is 33.0 Å². The second-order valence-electron chi connectivity index (χ2n) is 23.2. The van der Waals surface area contributed by atoms with Gasteiger partial charge in [-0.2, -0.15) is 9.97 Å². The molecule has 0 aliphatic carbocycles. The molecule has 0 radical (unpaired) electrons. The minimum absolute atomic E-state index is 0.0170. The van der Waals surface area contributed by atoms with Crippen LogP contribution in [0.2, 0.25) is 0 Å². The first-order valence-corrected chi connectivity index (χ1v) is 35.4. The molecule has 2 aliphatic rings. The van der Waals surface area contributed by atoms with E-state index >= 15 is 0 Å². The highest BCUT2D eigenvalue weighted by atomic mass is 32.2. The van der Waals surface area contributed by atoms with Gasteiger partial charge in [-0.15, -0.1) is 0 Å². The number of nitrogens with two attached hydrogens (primary N) is 2. The molecule has 2 aromatic heterocycles. The van der Waals surface area contributed by atoms with Gasteiger partial charge in [0.1, 0.15) is 47.3 Å². The highest BCUT2D eigenvalue weighted by Crippen LogP contribution is 2.48. The molecule has 0 saturated carbocycles. The molecule has 2 aliphatic heterocycles. The maximum Gasteiger partial charge on any atom is 0.405 e. The Morgan fingerprint density at radius 3 is 1.08 bits per heavy atom. The fourth-order valence-electron chi connectivity index (χ4n) is 8.39. The lowest BCUT2D eigenvalue weighted by molar-refractivity contribution is -0.120. The van der Waals surface area contributed by atoms with Gasteiger partial charge in [0.2, 0.25) is 0 Å². The van der Waals surface area contributed by atoms with Crippen molar-refractivity contribution in [1.29, 1.82) is 0 Å². The number of aliphatic hydroxyl groups excluding tert-OH is 4. The molecule has 0 bridgehead atoms. The summed E-state index contributed by atoms with van der Waals surface area (Å²) in [5.41, 5.74) is 5.38. The summed E-state index contributed by atoms with van der Waals surface area (Å²) in [6, 6.07) is 56.9. The summed E-state index contributed by atoms with van der Waals surface area (Å²) in [5, 5.41) is 67.1. The lowest BCUT2D eigenvalue weighted by atomic mass is 9.96. The molecule has 7 aromatic rings. The van der Waals surface area contributed by atoms with Crippen molar-refractivity contribution < 1.29 is 76.9 Å². The van der Waals surface area contributed by atoms with Gasteiger partial charge >= 0.3 is 26.9 Å². The number of nitrogens with zero attached hydrogens (tertiary/aromatic N) is 4. The predicted molar refractivity (Wildman–Crippen MR) is 368 cm³/mol. The van der Waals surface area contributed by atoms with E-state index in [1.807, 2.05) is 170 Å². The van der Waals surface area contributed by atoms with Crippen LogP contribution in [0.15, 0.2) is 204 Å². The third-order valence-corrected chi connectivity index (χ3v) is 19.7. The van der Waals surface area contributed by atoms with Gasteiger partial charge in [-0.25, -0.2) is 28.9 Å². The fraction of sp³-hybridized carbons (Fsp3) is 0.394. The molecule has 96 heavy (non-hydrogen) atoms. The van der Waals surface area contributed by atoms with E-state index < -0.39 is 99.0 Å². The second kappa shape index (κ2) is 39.1. The average molecular weight is 1410 g/mol. The monoisotopic (exact) mass is 1410 g/mol. The minimum atomic E-state index is -4.02. The number of hydrogen-bond acceptors (Lipinski definition) is 24. The Kier molecular flexibility index (Phi) is 32.6. The fourth-order valence-corrected chi connectivity index (χ4v) is 12.9. The molecule has 0 amide bonds. The number of aromatic nitrogens is 4. The van der Waals surface area contributed by atoms with Crippen molar-refractivity contribution in [2.24, 2.45) is 10.8 Å². The molecule has 522 valence electrons. The van der Waals surface area contributed by atoms with E-state index in [0.717, 1.165) is 43.8 Å². The van der Waals surface area contributed by atoms with Gasteiger partial charge in [-0.3, -0.25) is 36.8 Å². The summed E-state index contributed by atoms with van der Waals surface area (Å²) in [6.45, 7) is 7.48. The Balaban J connectivity index is 0.000000273. The van der Waals surface area contributed by atoms with E-state index in [1.165, 1.54) is 38.4 Å². The summed E-state index contributed by atoms with van der Waals surface area (Å²) in [4.78, 5) is 56.3. The quantitative estimate of drug-likeness (QED) is 0.0190. The molecule has 10 atom stereocenters. The molecule has 2 unspecified atom stereocenters. The first kappa shape index (κ1) is 80.1. The minimum Gasteiger partial charge on any atom is -0.395 e. The standard InChI is InChI=1S/2C24H35N4O9PS.3C6H6/c2*1-23(2,15-29)21(31)39-12-11-35-38(34,26-13-16-7-5-4-6-8-16)36-14-17-19(30)24(3,33)20(37-17)28-10-9-18(25)27-22(28)32;3*1-2-4-6-5-3-1/h2*4-10,17,19-20,29-30,33H,11-15H2,1-3H3,(H,26,34)(H2,25,27,32);3*1-6H/t2*17-,19-,20-,24-,38?;;;/m11.../s1. The molecule has 12 N–H and O–H groups in total. The molecule has 2 saturated heterocycles. The zero-order valence-electron chi connectivity index (χ0n) is 54.2. The normalized spacial score (nSPS) is 21.8. The topological polar surface area (TPSA) is 391 Å². The third-order valence-electron chi connectivity index (χ3n) is 14.2. The molecule has 30 heteroatoms. The lowest BCUT2D eigenvalue weighted by Crippen LogP contribution is -2.46. The van der Waals surface area contributed by atoms with Crippen molar-refractivity contribution in [2.75, 3.05) is 62.6 Å². The van der Waals surface area contributed by atoms with Crippen LogP contribution >= 0.6 is 39.0 Å². The summed E-state index contributed by atoms with van der Waals surface area (Å²) >= 11 is 1.87. The summed E-state index contributed by atoms with van der Waals surface area (Å²) in [5.74, 6) is 0.262. The van der Waals surface area contributed by atoms with Crippen LogP contribution in [0.3, 0.4) is 0 Å². The summed E-state index contributed by atoms with van der Waals surface area (Å²) in [7, 11) is -8.03. The van der Waals surface area contributed by atoms with Crippen molar-refractivity contribution in [3.8, 4) is 0 Å². The first-order valence-electron chi connectivity index (χ1n) is 30.3. The van der Waals surface area contributed by atoms with Crippen molar-refractivity contribution in [3.63, 3.8) is 0 Å². The van der Waals surface area contributed by atoms with Crippen LogP contribution in [0, 0.1) is 10.8 Å². The molecule has 2 fully saturated rings. The Morgan fingerprint density at radius 2 is 0.812 bits per heavy atom. The number of carbonyl (C=O) groups excluding carboxylic acids is 2. The average Bonchev–Trinajstić information content (AvgIpc) is 1.63. The van der Waals surface area contributed by atoms with Gasteiger partial charge < -0.3 is 51.6 Å². The zero-order valence-corrected chi connectivity index (χ0v) is 57.7. The number of anilines is 2. The number of carbonyl (C=O) groups is 2.